The molecule has 1 rings (SSSR count). The molecule has 6 heteroatoms. The number of hydrogen-bond donors (Lipinski definition) is 0. The molecule has 0 spiro atoms. The molecule has 0 N–H and O–H groups in total. The summed E-state index contributed by atoms with van der Waals surface area (Å²) in [7, 11) is -1.06. The van der Waals surface area contributed by atoms with Crippen molar-refractivity contribution in [1.82, 2.24) is 9.78 Å². The Bertz CT molecular complexity index is 478. The molecule has 0 amide bonds. The number of carbonyl (C=O) groups is 1. The van der Waals surface area contributed by atoms with Gasteiger partial charge < -0.3 is 9.47 Å². The van der Waals surface area contributed by atoms with Gasteiger partial charge in [-0.2, -0.15) is 5.10 Å². The van der Waals surface area contributed by atoms with Gasteiger partial charge in [-0.25, -0.2) is 4.68 Å². The van der Waals surface area contributed by atoms with Gasteiger partial charge in [-0.3, -0.25) is 4.79 Å². The lowest BCUT2D eigenvalue weighted by Crippen LogP contribution is -2.22. The summed E-state index contributed by atoms with van der Waals surface area (Å²) in [5.74, 6) is -0.206. The first-order chi connectivity index (χ1) is 9.74. The summed E-state index contributed by atoms with van der Waals surface area (Å²) in [4.78, 5) is 11.6. The van der Waals surface area contributed by atoms with Gasteiger partial charge in [-0.05, 0) is 26.8 Å². The number of nitrogens with zero attached hydrogens (tertiary/aromatic N) is 2. The highest BCUT2D eigenvalue weighted by Crippen LogP contribution is 2.15. The molecule has 0 aliphatic carbocycles. The number of hydrogen-bond acceptors (Lipinski definition) is 4. The second kappa shape index (κ2) is 7.75. The zero-order valence-electron chi connectivity index (χ0n) is 14.2. The van der Waals surface area contributed by atoms with Crippen LogP contribution in [0, 0.1) is 13.8 Å². The lowest BCUT2D eigenvalue weighted by atomic mass is 10.1. The Hall–Kier alpha value is -1.14. The molecule has 120 valence electrons. The number of rotatable bonds is 8. The van der Waals surface area contributed by atoms with Gasteiger partial charge in [0.1, 0.15) is 6.73 Å². The zero-order chi connectivity index (χ0) is 16.0. The first-order valence-corrected chi connectivity index (χ1v) is 11.2. The number of aryl methyl sites for hydroxylation is 1. The summed E-state index contributed by atoms with van der Waals surface area (Å²) < 4.78 is 12.5. The molecule has 0 radical (unpaired) electrons. The summed E-state index contributed by atoms with van der Waals surface area (Å²) in [5, 5.41) is 4.45. The largest absolute Gasteiger partial charge is 0.466 e. The predicted octanol–water partition coefficient (Wildman–Crippen LogP) is 2.92. The molecule has 1 aromatic heterocycles. The van der Waals surface area contributed by atoms with Crippen LogP contribution in [0.3, 0.4) is 0 Å². The van der Waals surface area contributed by atoms with E-state index < -0.39 is 8.07 Å². The van der Waals surface area contributed by atoms with E-state index in [0.717, 1.165) is 29.6 Å². The van der Waals surface area contributed by atoms with Crippen molar-refractivity contribution in [2.75, 3.05) is 13.2 Å². The molecule has 0 saturated heterocycles. The highest BCUT2D eigenvalue weighted by Gasteiger charge is 2.16. The van der Waals surface area contributed by atoms with E-state index in [9.17, 15) is 4.79 Å². The minimum Gasteiger partial charge on any atom is -0.466 e. The SMILES string of the molecule is CCOC(=O)Cc1c(C)nn(COCC[Si](C)(C)C)c1C. The monoisotopic (exact) mass is 312 g/mol. The van der Waals surface area contributed by atoms with Crippen molar-refractivity contribution in [3.8, 4) is 0 Å². The fourth-order valence-electron chi connectivity index (χ4n) is 2.00. The fourth-order valence-corrected chi connectivity index (χ4v) is 2.76. The van der Waals surface area contributed by atoms with Crippen LogP contribution in [0.1, 0.15) is 23.9 Å². The summed E-state index contributed by atoms with van der Waals surface area (Å²) in [6.45, 7) is 14.3. The van der Waals surface area contributed by atoms with Crippen molar-refractivity contribution >= 4 is 14.0 Å². The van der Waals surface area contributed by atoms with Gasteiger partial charge >= 0.3 is 5.97 Å². The highest BCUT2D eigenvalue weighted by atomic mass is 28.3. The number of aromatic nitrogens is 2. The summed E-state index contributed by atoms with van der Waals surface area (Å²) in [5.41, 5.74) is 2.80. The van der Waals surface area contributed by atoms with Gasteiger partial charge in [0.25, 0.3) is 0 Å². The summed E-state index contributed by atoms with van der Waals surface area (Å²) >= 11 is 0. The topological polar surface area (TPSA) is 53.3 Å². The maximum atomic E-state index is 11.6. The van der Waals surface area contributed by atoms with Crippen molar-refractivity contribution in [2.24, 2.45) is 0 Å². The van der Waals surface area contributed by atoms with E-state index in [-0.39, 0.29) is 12.4 Å². The second-order valence-corrected chi connectivity index (χ2v) is 12.1. The molecular formula is C15H28N2O3Si. The van der Waals surface area contributed by atoms with Crippen molar-refractivity contribution in [3.63, 3.8) is 0 Å². The van der Waals surface area contributed by atoms with Crippen LogP contribution in [0.4, 0.5) is 0 Å². The molecule has 1 aromatic rings. The molecule has 0 unspecified atom stereocenters. The number of ether oxygens (including phenoxy) is 2. The van der Waals surface area contributed by atoms with Crippen LogP contribution >= 0.6 is 0 Å². The van der Waals surface area contributed by atoms with E-state index in [1.165, 1.54) is 0 Å². The second-order valence-electron chi connectivity index (χ2n) is 6.48. The van der Waals surface area contributed by atoms with E-state index in [1.807, 2.05) is 25.5 Å². The molecule has 21 heavy (non-hydrogen) atoms. The smallest absolute Gasteiger partial charge is 0.310 e. The Morgan fingerprint density at radius 1 is 1.29 bits per heavy atom. The Balaban J connectivity index is 2.59. The lowest BCUT2D eigenvalue weighted by molar-refractivity contribution is -0.142. The molecule has 0 aliphatic rings. The van der Waals surface area contributed by atoms with Crippen LogP contribution in [0.2, 0.25) is 25.7 Å². The molecule has 1 heterocycles. The molecule has 5 nitrogen and oxygen atoms in total. The first-order valence-electron chi connectivity index (χ1n) is 7.51. The van der Waals surface area contributed by atoms with Crippen molar-refractivity contribution < 1.29 is 14.3 Å². The van der Waals surface area contributed by atoms with Gasteiger partial charge in [0.05, 0.1) is 18.7 Å². The van der Waals surface area contributed by atoms with Gasteiger partial charge in [0, 0.05) is 25.9 Å². The van der Waals surface area contributed by atoms with Crippen molar-refractivity contribution in [3.05, 3.63) is 17.0 Å². The highest BCUT2D eigenvalue weighted by molar-refractivity contribution is 6.76. The molecule has 0 saturated carbocycles. The zero-order valence-corrected chi connectivity index (χ0v) is 15.2. The van der Waals surface area contributed by atoms with Crippen LogP contribution in [-0.2, 0) is 27.4 Å². The van der Waals surface area contributed by atoms with Crippen LogP contribution in [0.5, 0.6) is 0 Å². The minimum atomic E-state index is -1.06. The third-order valence-electron chi connectivity index (χ3n) is 3.37. The standard InChI is InChI=1S/C15H28N2O3Si/c1-7-20-15(18)10-14-12(2)16-17(13(14)3)11-19-8-9-21(4,5)6/h7-11H2,1-6H3. The average Bonchev–Trinajstić information content (AvgIpc) is 2.62. The third-order valence-corrected chi connectivity index (χ3v) is 5.07. The molecule has 0 aliphatic heterocycles. The Morgan fingerprint density at radius 2 is 1.95 bits per heavy atom. The number of esters is 1. The molecule has 0 aromatic carbocycles. The van der Waals surface area contributed by atoms with E-state index in [2.05, 4.69) is 24.7 Å². The van der Waals surface area contributed by atoms with E-state index >= 15 is 0 Å². The van der Waals surface area contributed by atoms with Gasteiger partial charge in [0.15, 0.2) is 0 Å². The summed E-state index contributed by atoms with van der Waals surface area (Å²) in [6.07, 6.45) is 0.278. The van der Waals surface area contributed by atoms with Gasteiger partial charge in [-0.1, -0.05) is 19.6 Å². The van der Waals surface area contributed by atoms with Crippen LogP contribution < -0.4 is 0 Å². The molecule has 0 bridgehead atoms. The maximum absolute atomic E-state index is 11.6. The fraction of sp³-hybridized carbons (Fsp3) is 0.733. The van der Waals surface area contributed by atoms with Crippen LogP contribution in [0.15, 0.2) is 0 Å². The van der Waals surface area contributed by atoms with Gasteiger partial charge in [0.2, 0.25) is 0 Å². The average molecular weight is 312 g/mol. The summed E-state index contributed by atoms with van der Waals surface area (Å²) in [6, 6.07) is 1.14. The molecular weight excluding hydrogens is 284 g/mol. The quantitative estimate of drug-likeness (QED) is 0.421. The Labute approximate surface area is 128 Å². The van der Waals surface area contributed by atoms with E-state index in [4.69, 9.17) is 9.47 Å². The first kappa shape index (κ1) is 17.9. The Morgan fingerprint density at radius 3 is 2.52 bits per heavy atom. The Kier molecular flexibility index (Phi) is 6.61. The van der Waals surface area contributed by atoms with Gasteiger partial charge in [-0.15, -0.1) is 0 Å². The minimum absolute atomic E-state index is 0.206. The van der Waals surface area contributed by atoms with E-state index in [0.29, 0.717) is 13.3 Å². The number of carbonyl (C=O) groups excluding carboxylic acids is 1. The molecule has 0 atom stereocenters. The van der Waals surface area contributed by atoms with Crippen LogP contribution in [-0.4, -0.2) is 37.0 Å². The van der Waals surface area contributed by atoms with Crippen molar-refractivity contribution in [1.29, 1.82) is 0 Å². The third kappa shape index (κ3) is 6.01. The van der Waals surface area contributed by atoms with Crippen LogP contribution in [0.25, 0.3) is 0 Å². The van der Waals surface area contributed by atoms with E-state index in [1.54, 1.807) is 0 Å². The normalized spacial score (nSPS) is 11.7. The van der Waals surface area contributed by atoms with Crippen molar-refractivity contribution in [2.45, 2.75) is 59.6 Å². The predicted molar refractivity (Wildman–Crippen MR) is 86.1 cm³/mol. The molecule has 0 fully saturated rings. The lowest BCUT2D eigenvalue weighted by Gasteiger charge is -2.15. The maximum Gasteiger partial charge on any atom is 0.310 e.